The van der Waals surface area contributed by atoms with Gasteiger partial charge in [-0.15, -0.1) is 0 Å². The second-order valence-corrected chi connectivity index (χ2v) is 7.98. The Labute approximate surface area is 172 Å². The van der Waals surface area contributed by atoms with Gasteiger partial charge >= 0.3 is 5.97 Å². The number of aryl methyl sites for hydroxylation is 2. The van der Waals surface area contributed by atoms with Gasteiger partial charge in [0.05, 0.1) is 25.3 Å². The first-order valence-corrected chi connectivity index (χ1v) is 9.85. The molecule has 1 amide bonds. The van der Waals surface area contributed by atoms with Crippen LogP contribution < -0.4 is 5.32 Å². The van der Waals surface area contributed by atoms with E-state index in [2.05, 4.69) is 10.3 Å². The molecule has 1 aliphatic rings. The molecule has 3 atom stereocenters. The van der Waals surface area contributed by atoms with E-state index in [-0.39, 0.29) is 23.8 Å². The minimum atomic E-state index is -0.870. The highest BCUT2D eigenvalue weighted by Crippen LogP contribution is 2.47. The number of hydrogen-bond donors (Lipinski definition) is 1. The fourth-order valence-electron chi connectivity index (χ4n) is 4.29. The van der Waals surface area contributed by atoms with Crippen LogP contribution in [0.4, 0.5) is 0 Å². The lowest BCUT2D eigenvalue weighted by Gasteiger charge is -2.33. The fraction of sp³-hybridized carbons (Fsp3) is 0.435. The van der Waals surface area contributed by atoms with Crippen LogP contribution in [0.25, 0.3) is 0 Å². The van der Waals surface area contributed by atoms with E-state index in [0.29, 0.717) is 13.0 Å². The minimum Gasteiger partial charge on any atom is -0.468 e. The van der Waals surface area contributed by atoms with Gasteiger partial charge in [0, 0.05) is 11.7 Å². The van der Waals surface area contributed by atoms with Crippen molar-refractivity contribution in [3.63, 3.8) is 0 Å². The van der Waals surface area contributed by atoms with Crippen LogP contribution in [0.15, 0.2) is 42.5 Å². The molecule has 6 nitrogen and oxygen atoms in total. The van der Waals surface area contributed by atoms with Crippen LogP contribution in [0, 0.1) is 19.8 Å². The minimum absolute atomic E-state index is 0.0824. The molecule has 0 saturated carbocycles. The maximum atomic E-state index is 13.2. The maximum Gasteiger partial charge on any atom is 0.326 e. The van der Waals surface area contributed by atoms with Gasteiger partial charge < -0.3 is 10.1 Å². The first-order valence-electron chi connectivity index (χ1n) is 9.85. The molecule has 0 radical (unpaired) electrons. The van der Waals surface area contributed by atoms with E-state index >= 15 is 0 Å². The molecule has 1 aromatic carbocycles. The predicted octanol–water partition coefficient (Wildman–Crippen LogP) is 2.94. The van der Waals surface area contributed by atoms with Gasteiger partial charge in [-0.3, -0.25) is 19.5 Å². The summed E-state index contributed by atoms with van der Waals surface area (Å²) in [4.78, 5) is 32.2. The molecule has 1 N–H and O–H groups in total. The summed E-state index contributed by atoms with van der Waals surface area (Å²) in [6.45, 7) is 6.16. The summed E-state index contributed by atoms with van der Waals surface area (Å²) in [5.41, 5.74) is 3.00. The number of carbonyl (C=O) groups excluding carboxylic acids is 2. The Morgan fingerprint density at radius 1 is 1.21 bits per heavy atom. The third kappa shape index (κ3) is 4.03. The number of pyridine rings is 1. The normalized spacial score (nSPS) is 24.3. The van der Waals surface area contributed by atoms with Gasteiger partial charge in [-0.1, -0.05) is 30.3 Å². The average Bonchev–Trinajstić information content (AvgIpc) is 2.98. The van der Waals surface area contributed by atoms with Gasteiger partial charge in [-0.05, 0) is 57.5 Å². The van der Waals surface area contributed by atoms with Crippen molar-refractivity contribution < 1.29 is 14.3 Å². The van der Waals surface area contributed by atoms with E-state index in [1.54, 1.807) is 0 Å². The van der Waals surface area contributed by atoms with Crippen molar-refractivity contribution in [2.24, 2.45) is 5.92 Å². The number of hydrogen-bond acceptors (Lipinski definition) is 5. The molecule has 6 heteroatoms. The fourth-order valence-corrected chi connectivity index (χ4v) is 4.29. The average molecular weight is 396 g/mol. The van der Waals surface area contributed by atoms with Crippen molar-refractivity contribution in [1.82, 2.24) is 15.2 Å². The number of likely N-dealkylation sites (N-methyl/N-ethyl adjacent to an activating group) is 1. The smallest absolute Gasteiger partial charge is 0.326 e. The summed E-state index contributed by atoms with van der Waals surface area (Å²) >= 11 is 0. The number of nitrogens with zero attached hydrogens (tertiary/aromatic N) is 2. The number of aromatic nitrogens is 1. The molecule has 1 fully saturated rings. The van der Waals surface area contributed by atoms with Crippen molar-refractivity contribution in [2.45, 2.75) is 45.3 Å². The Balaban J connectivity index is 1.89. The highest BCUT2D eigenvalue weighted by molar-refractivity contribution is 5.86. The molecule has 3 rings (SSSR count). The molecule has 0 bridgehead atoms. The van der Waals surface area contributed by atoms with E-state index < -0.39 is 5.54 Å². The summed E-state index contributed by atoms with van der Waals surface area (Å²) in [6, 6.07) is 13.5. The zero-order chi connectivity index (χ0) is 21.2. The van der Waals surface area contributed by atoms with E-state index in [0.717, 1.165) is 22.5 Å². The maximum absolute atomic E-state index is 13.2. The third-order valence-corrected chi connectivity index (χ3v) is 6.05. The molecule has 154 valence electrons. The zero-order valence-electron chi connectivity index (χ0n) is 17.7. The van der Waals surface area contributed by atoms with E-state index in [1.165, 1.54) is 7.11 Å². The molecule has 2 heterocycles. The molecule has 29 heavy (non-hydrogen) atoms. The summed E-state index contributed by atoms with van der Waals surface area (Å²) < 4.78 is 5.07. The van der Waals surface area contributed by atoms with Crippen LogP contribution >= 0.6 is 0 Å². The van der Waals surface area contributed by atoms with Crippen LogP contribution in [0.2, 0.25) is 0 Å². The van der Waals surface area contributed by atoms with E-state index in [1.807, 2.05) is 75.2 Å². The van der Waals surface area contributed by atoms with Gasteiger partial charge in [0.15, 0.2) is 0 Å². The largest absolute Gasteiger partial charge is 0.468 e. The topological polar surface area (TPSA) is 71.5 Å². The van der Waals surface area contributed by atoms with Gasteiger partial charge in [0.25, 0.3) is 0 Å². The van der Waals surface area contributed by atoms with Crippen LogP contribution in [-0.2, 0) is 20.9 Å². The lowest BCUT2D eigenvalue weighted by atomic mass is 9.88. The second-order valence-electron chi connectivity index (χ2n) is 7.98. The predicted molar refractivity (Wildman–Crippen MR) is 111 cm³/mol. The Morgan fingerprint density at radius 3 is 2.59 bits per heavy atom. The number of likely N-dealkylation sites (tertiary alicyclic amines) is 1. The molecule has 2 aromatic rings. The monoisotopic (exact) mass is 395 g/mol. The molecular weight excluding hydrogens is 366 g/mol. The number of ether oxygens (including phenoxy) is 1. The Hall–Kier alpha value is -2.73. The zero-order valence-corrected chi connectivity index (χ0v) is 17.7. The number of carbonyl (C=O) groups is 2. The van der Waals surface area contributed by atoms with Crippen LogP contribution in [0.5, 0.6) is 0 Å². The Bertz CT molecular complexity index is 914. The van der Waals surface area contributed by atoms with Crippen LogP contribution in [0.1, 0.15) is 41.9 Å². The quantitative estimate of drug-likeness (QED) is 0.788. The Morgan fingerprint density at radius 2 is 1.93 bits per heavy atom. The lowest BCUT2D eigenvalue weighted by molar-refractivity contribution is -0.152. The number of nitrogens with one attached hydrogen (secondary N) is 1. The number of methoxy groups -OCH3 is 1. The van der Waals surface area contributed by atoms with Crippen molar-refractivity contribution in [2.75, 3.05) is 14.2 Å². The van der Waals surface area contributed by atoms with Crippen LogP contribution in [-0.4, -0.2) is 41.5 Å². The molecule has 0 spiro atoms. The number of amides is 1. The summed E-state index contributed by atoms with van der Waals surface area (Å²) in [5.74, 6) is -0.787. The molecule has 0 aliphatic carbocycles. The molecule has 1 aliphatic heterocycles. The number of esters is 1. The summed E-state index contributed by atoms with van der Waals surface area (Å²) in [7, 11) is 3.28. The van der Waals surface area contributed by atoms with Crippen molar-refractivity contribution in [3.8, 4) is 0 Å². The van der Waals surface area contributed by atoms with Gasteiger partial charge in [0.1, 0.15) is 5.54 Å². The SMILES string of the molecule is COC(=O)[C@]1(C)C[C@H](C(=O)NCc2cccc(C)n2)[C@H](c2ccccc2C)N1C. The number of rotatable bonds is 5. The molecule has 1 aromatic heterocycles. The van der Waals surface area contributed by atoms with Crippen molar-refractivity contribution >= 4 is 11.9 Å². The summed E-state index contributed by atoms with van der Waals surface area (Å²) in [5, 5.41) is 3.02. The standard InChI is InChI=1S/C23H29N3O3/c1-15-9-6-7-12-18(15)20-19(13-23(3,26(20)4)22(28)29-5)21(27)24-14-17-11-8-10-16(2)25-17/h6-12,19-20H,13-14H2,1-5H3,(H,24,27)/t19-,20-,23-/m0/s1. The highest BCUT2D eigenvalue weighted by atomic mass is 16.5. The highest BCUT2D eigenvalue weighted by Gasteiger charge is 2.55. The molecular formula is C23H29N3O3. The van der Waals surface area contributed by atoms with Gasteiger partial charge in [0.2, 0.25) is 5.91 Å². The van der Waals surface area contributed by atoms with Gasteiger partial charge in [-0.2, -0.15) is 0 Å². The third-order valence-electron chi connectivity index (χ3n) is 6.05. The molecule has 1 saturated heterocycles. The van der Waals surface area contributed by atoms with Crippen LogP contribution in [0.3, 0.4) is 0 Å². The van der Waals surface area contributed by atoms with Crippen molar-refractivity contribution in [3.05, 3.63) is 65.0 Å². The first kappa shape index (κ1) is 21.0. The second kappa shape index (κ2) is 8.33. The Kier molecular flexibility index (Phi) is 6.03. The van der Waals surface area contributed by atoms with Gasteiger partial charge in [-0.25, -0.2) is 0 Å². The number of benzene rings is 1. The summed E-state index contributed by atoms with van der Waals surface area (Å²) in [6.07, 6.45) is 0.391. The van der Waals surface area contributed by atoms with E-state index in [4.69, 9.17) is 4.74 Å². The first-order chi connectivity index (χ1) is 13.8. The van der Waals surface area contributed by atoms with E-state index in [9.17, 15) is 9.59 Å². The lowest BCUT2D eigenvalue weighted by Crippen LogP contribution is -2.47. The van der Waals surface area contributed by atoms with Crippen molar-refractivity contribution in [1.29, 1.82) is 0 Å². The molecule has 0 unspecified atom stereocenters.